The van der Waals surface area contributed by atoms with Crippen LogP contribution in [0.3, 0.4) is 0 Å². The second-order valence-corrected chi connectivity index (χ2v) is 5.11. The highest BCUT2D eigenvalue weighted by molar-refractivity contribution is 6.06. The minimum atomic E-state index is -0.397. The molecular weight excluding hydrogens is 296 g/mol. The molecule has 0 aliphatic rings. The van der Waals surface area contributed by atoms with Crippen molar-refractivity contribution in [3.05, 3.63) is 47.9 Å². The number of esters is 1. The number of hydrogen-bond donors (Lipinski definition) is 2. The van der Waals surface area contributed by atoms with Gasteiger partial charge in [-0.15, -0.1) is 0 Å². The van der Waals surface area contributed by atoms with Gasteiger partial charge in [0.25, 0.3) is 5.91 Å². The third kappa shape index (κ3) is 2.94. The number of carbonyl (C=O) groups is 2. The average molecular weight is 312 g/mol. The molecule has 3 rings (SSSR count). The van der Waals surface area contributed by atoms with E-state index in [2.05, 4.69) is 20.1 Å². The van der Waals surface area contributed by atoms with Gasteiger partial charge >= 0.3 is 5.97 Å². The molecule has 7 heteroatoms. The van der Waals surface area contributed by atoms with Crippen LogP contribution >= 0.6 is 0 Å². The van der Waals surface area contributed by atoms with Gasteiger partial charge in [-0.3, -0.25) is 14.3 Å². The second kappa shape index (κ2) is 5.96. The largest absolute Gasteiger partial charge is 0.468 e. The van der Waals surface area contributed by atoms with E-state index in [0.717, 1.165) is 10.9 Å². The number of benzene rings is 1. The lowest BCUT2D eigenvalue weighted by Crippen LogP contribution is -2.15. The van der Waals surface area contributed by atoms with Gasteiger partial charge in [0.2, 0.25) is 0 Å². The van der Waals surface area contributed by atoms with Gasteiger partial charge in [-0.2, -0.15) is 5.10 Å². The fraction of sp³-hybridized carbons (Fsp3) is 0.188. The Bertz CT molecular complexity index is 878. The summed E-state index contributed by atoms with van der Waals surface area (Å²) in [5, 5.41) is 7.94. The Morgan fingerprint density at radius 2 is 2.17 bits per heavy atom. The molecule has 2 N–H and O–H groups in total. The molecule has 0 aliphatic carbocycles. The van der Waals surface area contributed by atoms with Crippen LogP contribution in [0, 0.1) is 6.92 Å². The van der Waals surface area contributed by atoms with E-state index >= 15 is 0 Å². The van der Waals surface area contributed by atoms with E-state index in [9.17, 15) is 9.59 Å². The van der Waals surface area contributed by atoms with Crippen LogP contribution in [-0.2, 0) is 16.1 Å². The number of hydrogen-bond acceptors (Lipinski definition) is 4. The number of ether oxygens (including phenoxy) is 1. The minimum Gasteiger partial charge on any atom is -0.468 e. The molecule has 0 saturated carbocycles. The molecule has 0 saturated heterocycles. The average Bonchev–Trinajstić information content (AvgIpc) is 3.15. The normalized spacial score (nSPS) is 10.7. The molecule has 1 aromatic carbocycles. The number of fused-ring (bicyclic) bond motifs is 1. The molecule has 0 bridgehead atoms. The highest BCUT2D eigenvalue weighted by Gasteiger charge is 2.13. The van der Waals surface area contributed by atoms with E-state index in [1.807, 2.05) is 18.3 Å². The van der Waals surface area contributed by atoms with Crippen molar-refractivity contribution in [3.63, 3.8) is 0 Å². The van der Waals surface area contributed by atoms with E-state index in [1.165, 1.54) is 18.0 Å². The summed E-state index contributed by atoms with van der Waals surface area (Å²) in [4.78, 5) is 26.8. The molecule has 1 amide bonds. The Kier molecular flexibility index (Phi) is 3.84. The maximum absolute atomic E-state index is 12.4. The first-order valence-electron chi connectivity index (χ1n) is 7.06. The predicted molar refractivity (Wildman–Crippen MR) is 85.2 cm³/mol. The van der Waals surface area contributed by atoms with Crippen molar-refractivity contribution in [3.8, 4) is 0 Å². The van der Waals surface area contributed by atoms with Crippen LogP contribution < -0.4 is 5.32 Å². The lowest BCUT2D eigenvalue weighted by molar-refractivity contribution is -0.141. The number of anilines is 1. The summed E-state index contributed by atoms with van der Waals surface area (Å²) in [6, 6.07) is 7.38. The van der Waals surface area contributed by atoms with Crippen LogP contribution in [0.5, 0.6) is 0 Å². The minimum absolute atomic E-state index is 0.00659. The van der Waals surface area contributed by atoms with E-state index < -0.39 is 5.97 Å². The monoisotopic (exact) mass is 312 g/mol. The topological polar surface area (TPSA) is 89.0 Å². The molecule has 23 heavy (non-hydrogen) atoms. The van der Waals surface area contributed by atoms with Gasteiger partial charge in [0.1, 0.15) is 6.54 Å². The number of rotatable bonds is 4. The van der Waals surface area contributed by atoms with Crippen LogP contribution in [0.25, 0.3) is 10.9 Å². The van der Waals surface area contributed by atoms with Crippen molar-refractivity contribution in [2.45, 2.75) is 13.5 Å². The highest BCUT2D eigenvalue weighted by Crippen LogP contribution is 2.18. The quantitative estimate of drug-likeness (QED) is 0.722. The zero-order valence-electron chi connectivity index (χ0n) is 12.8. The Labute approximate surface area is 132 Å². The van der Waals surface area contributed by atoms with Crippen LogP contribution in [0.1, 0.15) is 16.1 Å². The van der Waals surface area contributed by atoms with Crippen molar-refractivity contribution < 1.29 is 14.3 Å². The first kappa shape index (κ1) is 14.8. The Balaban J connectivity index is 1.78. The summed E-state index contributed by atoms with van der Waals surface area (Å²) in [5.41, 5.74) is 2.69. The third-order valence-corrected chi connectivity index (χ3v) is 3.68. The molecule has 0 aliphatic heterocycles. The summed E-state index contributed by atoms with van der Waals surface area (Å²) in [6.45, 7) is 1.78. The van der Waals surface area contributed by atoms with Gasteiger partial charge in [0.15, 0.2) is 0 Å². The number of aromatic nitrogens is 3. The Morgan fingerprint density at radius 3 is 2.96 bits per heavy atom. The van der Waals surface area contributed by atoms with Crippen LogP contribution in [-0.4, -0.2) is 33.8 Å². The molecule has 0 fully saturated rings. The van der Waals surface area contributed by atoms with Crippen molar-refractivity contribution in [1.29, 1.82) is 0 Å². The molecule has 118 valence electrons. The molecule has 7 nitrogen and oxygen atoms in total. The van der Waals surface area contributed by atoms with E-state index in [1.54, 1.807) is 19.1 Å². The summed E-state index contributed by atoms with van der Waals surface area (Å²) in [6.07, 6.45) is 3.34. The van der Waals surface area contributed by atoms with E-state index in [4.69, 9.17) is 0 Å². The number of carbonyl (C=O) groups excluding carboxylic acids is 2. The van der Waals surface area contributed by atoms with E-state index in [0.29, 0.717) is 16.9 Å². The summed E-state index contributed by atoms with van der Waals surface area (Å²) >= 11 is 0. The van der Waals surface area contributed by atoms with Gasteiger partial charge in [-0.05, 0) is 30.5 Å². The molecule has 3 aromatic rings. The molecule has 0 atom stereocenters. The molecule has 0 radical (unpaired) electrons. The third-order valence-electron chi connectivity index (χ3n) is 3.68. The second-order valence-electron chi connectivity index (χ2n) is 5.11. The maximum Gasteiger partial charge on any atom is 0.327 e. The maximum atomic E-state index is 12.4. The number of nitrogens with zero attached hydrogens (tertiary/aromatic N) is 2. The predicted octanol–water partition coefficient (Wildman–Crippen LogP) is 2.10. The SMILES string of the molecule is COC(=O)Cn1ncc(NC(=O)c2ccc3cc[nH]c3c2)c1C. The van der Waals surface area contributed by atoms with Gasteiger partial charge < -0.3 is 15.0 Å². The first-order valence-corrected chi connectivity index (χ1v) is 7.06. The molecule has 0 spiro atoms. The lowest BCUT2D eigenvalue weighted by Gasteiger charge is -2.06. The van der Waals surface area contributed by atoms with Crippen molar-refractivity contribution in [2.24, 2.45) is 0 Å². The summed E-state index contributed by atoms with van der Waals surface area (Å²) in [7, 11) is 1.32. The smallest absolute Gasteiger partial charge is 0.327 e. The van der Waals surface area contributed by atoms with Gasteiger partial charge in [-0.1, -0.05) is 6.07 Å². The summed E-state index contributed by atoms with van der Waals surface area (Å²) in [5.74, 6) is -0.631. The highest BCUT2D eigenvalue weighted by atomic mass is 16.5. The molecule has 2 aromatic heterocycles. The Hall–Kier alpha value is -3.09. The first-order chi connectivity index (χ1) is 11.1. The van der Waals surface area contributed by atoms with E-state index in [-0.39, 0.29) is 12.5 Å². The van der Waals surface area contributed by atoms with Crippen LogP contribution in [0.2, 0.25) is 0 Å². The zero-order chi connectivity index (χ0) is 16.4. The van der Waals surface area contributed by atoms with Crippen molar-refractivity contribution in [2.75, 3.05) is 12.4 Å². The number of H-pyrrole nitrogens is 1. The van der Waals surface area contributed by atoms with Gasteiger partial charge in [0, 0.05) is 17.3 Å². The van der Waals surface area contributed by atoms with Crippen LogP contribution in [0.15, 0.2) is 36.7 Å². The fourth-order valence-corrected chi connectivity index (χ4v) is 2.30. The zero-order valence-corrected chi connectivity index (χ0v) is 12.8. The number of methoxy groups -OCH3 is 1. The number of aromatic amines is 1. The van der Waals surface area contributed by atoms with Gasteiger partial charge in [-0.25, -0.2) is 0 Å². The van der Waals surface area contributed by atoms with Gasteiger partial charge in [0.05, 0.1) is 24.7 Å². The standard InChI is InChI=1S/C16H16N4O3/c1-10-14(8-18-20(10)9-15(21)23-2)19-16(22)12-4-3-11-5-6-17-13(11)7-12/h3-8,17H,9H2,1-2H3,(H,19,22). The summed E-state index contributed by atoms with van der Waals surface area (Å²) < 4.78 is 6.09. The van der Waals surface area contributed by atoms with Crippen LogP contribution in [0.4, 0.5) is 5.69 Å². The molecule has 2 heterocycles. The molecule has 0 unspecified atom stereocenters. The number of nitrogens with one attached hydrogen (secondary N) is 2. The fourth-order valence-electron chi connectivity index (χ4n) is 2.30. The lowest BCUT2D eigenvalue weighted by atomic mass is 10.1. The number of amides is 1. The van der Waals surface area contributed by atoms with Crippen molar-refractivity contribution >= 4 is 28.5 Å². The molecular formula is C16H16N4O3. The Morgan fingerprint density at radius 1 is 1.35 bits per heavy atom. The van der Waals surface area contributed by atoms with Crippen molar-refractivity contribution in [1.82, 2.24) is 14.8 Å².